The van der Waals surface area contributed by atoms with Crippen molar-refractivity contribution in [2.45, 2.75) is 19.4 Å². The van der Waals surface area contributed by atoms with E-state index >= 15 is 0 Å². The summed E-state index contributed by atoms with van der Waals surface area (Å²) in [6.07, 6.45) is 0. The number of hydrogen-bond donors (Lipinski definition) is 1. The highest BCUT2D eigenvalue weighted by molar-refractivity contribution is 5.42. The van der Waals surface area contributed by atoms with Crippen LogP contribution in [0.5, 0.6) is 0 Å². The van der Waals surface area contributed by atoms with Crippen LogP contribution >= 0.6 is 0 Å². The molecule has 1 aromatic rings. The van der Waals surface area contributed by atoms with Gasteiger partial charge in [0.2, 0.25) is 0 Å². The van der Waals surface area contributed by atoms with Crippen LogP contribution in [0.25, 0.3) is 0 Å². The molecule has 0 saturated heterocycles. The molecule has 76 valence electrons. The molecule has 0 atom stereocenters. The lowest BCUT2D eigenvalue weighted by molar-refractivity contribution is 0.143. The number of nitrogens with zero attached hydrogens (tertiary/aromatic N) is 1. The SMILES string of the molecule is CC(C)(O)C#Cc1cc(F)cc(C#N)c1. The third-order valence-corrected chi connectivity index (χ3v) is 1.54. The van der Waals surface area contributed by atoms with Gasteiger partial charge in [-0.2, -0.15) is 5.26 Å². The van der Waals surface area contributed by atoms with E-state index in [1.54, 1.807) is 0 Å². The second kappa shape index (κ2) is 4.13. The molecule has 0 unspecified atom stereocenters. The fourth-order valence-corrected chi connectivity index (χ4v) is 0.951. The van der Waals surface area contributed by atoms with Crippen LogP contribution in [-0.2, 0) is 0 Å². The molecule has 1 rings (SSSR count). The maximum atomic E-state index is 13.0. The molecule has 0 spiro atoms. The molecule has 0 aliphatic rings. The fourth-order valence-electron chi connectivity index (χ4n) is 0.951. The van der Waals surface area contributed by atoms with Crippen molar-refractivity contribution < 1.29 is 9.50 Å². The van der Waals surface area contributed by atoms with E-state index in [4.69, 9.17) is 5.26 Å². The number of hydrogen-bond acceptors (Lipinski definition) is 2. The maximum Gasteiger partial charge on any atom is 0.125 e. The van der Waals surface area contributed by atoms with Gasteiger partial charge in [-0.1, -0.05) is 11.8 Å². The highest BCUT2D eigenvalue weighted by atomic mass is 19.1. The van der Waals surface area contributed by atoms with Crippen molar-refractivity contribution in [1.29, 1.82) is 5.26 Å². The van der Waals surface area contributed by atoms with Crippen molar-refractivity contribution in [1.82, 2.24) is 0 Å². The Morgan fingerprint density at radius 2 is 1.87 bits per heavy atom. The van der Waals surface area contributed by atoms with Crippen LogP contribution in [0.3, 0.4) is 0 Å². The topological polar surface area (TPSA) is 44.0 Å². The third-order valence-electron chi connectivity index (χ3n) is 1.54. The van der Waals surface area contributed by atoms with Gasteiger partial charge in [0, 0.05) is 5.56 Å². The molecule has 2 nitrogen and oxygen atoms in total. The Morgan fingerprint density at radius 1 is 1.27 bits per heavy atom. The predicted molar refractivity (Wildman–Crippen MR) is 54.3 cm³/mol. The smallest absolute Gasteiger partial charge is 0.125 e. The van der Waals surface area contributed by atoms with Crippen LogP contribution in [0.1, 0.15) is 25.0 Å². The van der Waals surface area contributed by atoms with E-state index in [1.807, 2.05) is 6.07 Å². The van der Waals surface area contributed by atoms with Gasteiger partial charge in [-0.15, -0.1) is 0 Å². The number of aliphatic hydroxyl groups is 1. The van der Waals surface area contributed by atoms with E-state index in [0.717, 1.165) is 6.07 Å². The van der Waals surface area contributed by atoms with Crippen molar-refractivity contribution in [2.75, 3.05) is 0 Å². The van der Waals surface area contributed by atoms with E-state index in [0.29, 0.717) is 5.56 Å². The van der Waals surface area contributed by atoms with Gasteiger partial charge in [0.1, 0.15) is 11.4 Å². The van der Waals surface area contributed by atoms with Gasteiger partial charge in [0.25, 0.3) is 0 Å². The summed E-state index contributed by atoms with van der Waals surface area (Å²) >= 11 is 0. The lowest BCUT2D eigenvalue weighted by atomic mass is 10.1. The molecule has 1 N–H and O–H groups in total. The molecular formula is C12H10FNO. The molecule has 0 amide bonds. The first-order chi connectivity index (χ1) is 6.90. The Kier molecular flexibility index (Phi) is 3.09. The van der Waals surface area contributed by atoms with Crippen molar-refractivity contribution in [3.8, 4) is 17.9 Å². The van der Waals surface area contributed by atoms with Gasteiger partial charge < -0.3 is 5.11 Å². The zero-order chi connectivity index (χ0) is 11.5. The van der Waals surface area contributed by atoms with Crippen LogP contribution in [0.2, 0.25) is 0 Å². The molecule has 0 aromatic heterocycles. The highest BCUT2D eigenvalue weighted by Gasteiger charge is 2.06. The molecule has 0 fully saturated rings. The van der Waals surface area contributed by atoms with Gasteiger partial charge in [-0.05, 0) is 32.0 Å². The maximum absolute atomic E-state index is 13.0. The quantitative estimate of drug-likeness (QED) is 0.653. The second-order valence-corrected chi connectivity index (χ2v) is 3.65. The molecule has 0 saturated carbocycles. The van der Waals surface area contributed by atoms with Crippen LogP contribution in [0, 0.1) is 29.0 Å². The summed E-state index contributed by atoms with van der Waals surface area (Å²) in [5.41, 5.74) is -0.525. The molecule has 0 radical (unpaired) electrons. The molecule has 15 heavy (non-hydrogen) atoms. The number of halogens is 1. The normalized spacial score (nSPS) is 10.1. The lowest BCUT2D eigenvalue weighted by Crippen LogP contribution is -2.14. The first kappa shape index (κ1) is 11.2. The molecule has 0 bridgehead atoms. The van der Waals surface area contributed by atoms with Crippen molar-refractivity contribution in [3.05, 3.63) is 35.1 Å². The van der Waals surface area contributed by atoms with Gasteiger partial charge >= 0.3 is 0 Å². The minimum atomic E-state index is -1.13. The van der Waals surface area contributed by atoms with E-state index in [2.05, 4.69) is 11.8 Å². The zero-order valence-corrected chi connectivity index (χ0v) is 8.50. The zero-order valence-electron chi connectivity index (χ0n) is 8.50. The highest BCUT2D eigenvalue weighted by Crippen LogP contribution is 2.08. The molecule has 0 heterocycles. The van der Waals surface area contributed by atoms with Crippen LogP contribution in [-0.4, -0.2) is 10.7 Å². The predicted octanol–water partition coefficient (Wildman–Crippen LogP) is 1.82. The van der Waals surface area contributed by atoms with Crippen LogP contribution < -0.4 is 0 Å². The van der Waals surface area contributed by atoms with Crippen LogP contribution in [0.4, 0.5) is 4.39 Å². The standard InChI is InChI=1S/C12H10FNO/c1-12(2,15)4-3-9-5-10(8-14)7-11(13)6-9/h5-7,15H,1-2H3. The summed E-state index contributed by atoms with van der Waals surface area (Å²) in [5, 5.41) is 17.9. The minimum absolute atomic E-state index is 0.218. The van der Waals surface area contributed by atoms with E-state index < -0.39 is 11.4 Å². The monoisotopic (exact) mass is 203 g/mol. The Morgan fingerprint density at radius 3 is 2.40 bits per heavy atom. The Hall–Kier alpha value is -1.84. The molecule has 0 aliphatic carbocycles. The summed E-state index contributed by atoms with van der Waals surface area (Å²) in [5.74, 6) is 4.65. The van der Waals surface area contributed by atoms with Crippen molar-refractivity contribution >= 4 is 0 Å². The molecule has 0 aliphatic heterocycles. The van der Waals surface area contributed by atoms with Crippen molar-refractivity contribution in [3.63, 3.8) is 0 Å². The summed E-state index contributed by atoms with van der Waals surface area (Å²) in [6, 6.07) is 5.67. The van der Waals surface area contributed by atoms with Gasteiger partial charge in [-0.3, -0.25) is 0 Å². The summed E-state index contributed by atoms with van der Waals surface area (Å²) < 4.78 is 13.0. The summed E-state index contributed by atoms with van der Waals surface area (Å²) in [6.45, 7) is 3.06. The largest absolute Gasteiger partial charge is 0.378 e. The number of nitriles is 1. The molecular weight excluding hydrogens is 193 g/mol. The average Bonchev–Trinajstić information content (AvgIpc) is 2.13. The summed E-state index contributed by atoms with van der Waals surface area (Å²) in [4.78, 5) is 0. The second-order valence-electron chi connectivity index (χ2n) is 3.65. The first-order valence-electron chi connectivity index (χ1n) is 4.37. The van der Waals surface area contributed by atoms with E-state index in [1.165, 1.54) is 26.0 Å². The average molecular weight is 203 g/mol. The number of rotatable bonds is 0. The first-order valence-corrected chi connectivity index (χ1v) is 4.37. The van der Waals surface area contributed by atoms with E-state index in [-0.39, 0.29) is 5.56 Å². The van der Waals surface area contributed by atoms with Gasteiger partial charge in [0.05, 0.1) is 11.6 Å². The molecule has 3 heteroatoms. The Bertz CT molecular complexity index is 469. The Balaban J connectivity index is 3.11. The van der Waals surface area contributed by atoms with E-state index in [9.17, 15) is 9.50 Å². The van der Waals surface area contributed by atoms with Gasteiger partial charge in [-0.25, -0.2) is 4.39 Å². The van der Waals surface area contributed by atoms with Crippen molar-refractivity contribution in [2.24, 2.45) is 0 Å². The van der Waals surface area contributed by atoms with Crippen LogP contribution in [0.15, 0.2) is 18.2 Å². The third kappa shape index (κ3) is 3.81. The molecule has 1 aromatic carbocycles. The van der Waals surface area contributed by atoms with Gasteiger partial charge in [0.15, 0.2) is 0 Å². The lowest BCUT2D eigenvalue weighted by Gasteiger charge is -2.05. The fraction of sp³-hybridized carbons (Fsp3) is 0.250. The minimum Gasteiger partial charge on any atom is -0.378 e. The Labute approximate surface area is 88.0 Å². The summed E-state index contributed by atoms with van der Waals surface area (Å²) in [7, 11) is 0. The number of benzene rings is 1.